The van der Waals surface area contributed by atoms with Crippen LogP contribution >= 0.6 is 31.9 Å². The molecule has 0 saturated heterocycles. The van der Waals surface area contributed by atoms with Gasteiger partial charge in [-0.25, -0.2) is 8.42 Å². The number of hydrogen-bond acceptors (Lipinski definition) is 3. The van der Waals surface area contributed by atoms with Gasteiger partial charge in [0.2, 0.25) is 15.9 Å². The van der Waals surface area contributed by atoms with Crippen LogP contribution in [-0.4, -0.2) is 38.3 Å². The van der Waals surface area contributed by atoms with Crippen LogP contribution in [0.4, 0.5) is 5.69 Å². The van der Waals surface area contributed by atoms with Crippen LogP contribution in [0.3, 0.4) is 0 Å². The summed E-state index contributed by atoms with van der Waals surface area (Å²) < 4.78 is 28.3. The highest BCUT2D eigenvalue weighted by Crippen LogP contribution is 2.34. The second-order valence-electron chi connectivity index (χ2n) is 6.30. The van der Waals surface area contributed by atoms with Crippen molar-refractivity contribution in [3.63, 3.8) is 0 Å². The molecule has 1 atom stereocenters. The van der Waals surface area contributed by atoms with E-state index in [0.29, 0.717) is 0 Å². The summed E-state index contributed by atoms with van der Waals surface area (Å²) in [6.07, 6.45) is 0.754. The van der Waals surface area contributed by atoms with Crippen LogP contribution in [0.2, 0.25) is 0 Å². The number of likely N-dealkylation sites (N-methyl/N-ethyl adjacent to an activating group) is 1. The fraction of sp³-hybridized carbons (Fsp3) is 0.278. The van der Waals surface area contributed by atoms with Crippen molar-refractivity contribution in [3.05, 3.63) is 57.0 Å². The number of carbonyl (C=O) groups excluding carboxylic acids is 1. The second-order valence-corrected chi connectivity index (χ2v) is 10.2. The summed E-state index contributed by atoms with van der Waals surface area (Å²) in [6.45, 7) is 1.76. The zero-order chi connectivity index (χ0) is 19.1. The molecule has 0 bridgehead atoms. The maximum Gasteiger partial charge on any atom is 0.243 e. The van der Waals surface area contributed by atoms with Crippen molar-refractivity contribution in [2.45, 2.75) is 24.3 Å². The molecule has 0 N–H and O–H groups in total. The maximum atomic E-state index is 12.8. The van der Waals surface area contributed by atoms with E-state index in [-0.39, 0.29) is 23.4 Å². The SMILES string of the molecule is C[C@@H]1Cc2cc(Br)ccc2N1C(=O)CN(C)S(=O)(=O)c1ccc(Br)cc1. The molecule has 26 heavy (non-hydrogen) atoms. The minimum Gasteiger partial charge on any atom is -0.308 e. The Balaban J connectivity index is 1.81. The molecule has 5 nitrogen and oxygen atoms in total. The number of sulfonamides is 1. The van der Waals surface area contributed by atoms with Crippen LogP contribution < -0.4 is 4.90 Å². The summed E-state index contributed by atoms with van der Waals surface area (Å²) in [5.41, 5.74) is 1.93. The molecule has 1 aliphatic heterocycles. The molecule has 2 aromatic carbocycles. The van der Waals surface area contributed by atoms with E-state index in [1.54, 1.807) is 17.0 Å². The Labute approximate surface area is 170 Å². The summed E-state index contributed by atoms with van der Waals surface area (Å²) >= 11 is 6.73. The fourth-order valence-electron chi connectivity index (χ4n) is 3.12. The van der Waals surface area contributed by atoms with Crippen molar-refractivity contribution in [1.82, 2.24) is 4.31 Å². The first kappa shape index (κ1) is 19.5. The van der Waals surface area contributed by atoms with Crippen molar-refractivity contribution in [1.29, 1.82) is 0 Å². The molecule has 0 saturated carbocycles. The van der Waals surface area contributed by atoms with Crippen molar-refractivity contribution >= 4 is 53.5 Å². The normalized spacial score (nSPS) is 16.8. The van der Waals surface area contributed by atoms with Crippen LogP contribution in [0.15, 0.2) is 56.3 Å². The van der Waals surface area contributed by atoms with Gasteiger partial charge in [-0.1, -0.05) is 31.9 Å². The topological polar surface area (TPSA) is 57.7 Å². The third-order valence-electron chi connectivity index (χ3n) is 4.41. The Kier molecular flexibility index (Phi) is 5.58. The van der Waals surface area contributed by atoms with Gasteiger partial charge in [-0.2, -0.15) is 4.31 Å². The average molecular weight is 502 g/mol. The summed E-state index contributed by atoms with van der Waals surface area (Å²) in [5, 5.41) is 0. The van der Waals surface area contributed by atoms with Crippen molar-refractivity contribution in [2.75, 3.05) is 18.5 Å². The summed E-state index contributed by atoms with van der Waals surface area (Å²) in [4.78, 5) is 14.7. The predicted octanol–water partition coefficient (Wildman–Crippen LogP) is 3.81. The monoisotopic (exact) mass is 500 g/mol. The highest BCUT2D eigenvalue weighted by molar-refractivity contribution is 9.10. The van der Waals surface area contributed by atoms with Gasteiger partial charge in [0.1, 0.15) is 0 Å². The van der Waals surface area contributed by atoms with Crippen LogP contribution in [0.25, 0.3) is 0 Å². The Morgan fingerprint density at radius 2 is 1.77 bits per heavy atom. The lowest BCUT2D eigenvalue weighted by Gasteiger charge is -2.25. The summed E-state index contributed by atoms with van der Waals surface area (Å²) in [5.74, 6) is -0.234. The van der Waals surface area contributed by atoms with Gasteiger partial charge in [0.25, 0.3) is 0 Å². The lowest BCUT2D eigenvalue weighted by atomic mass is 10.1. The van der Waals surface area contributed by atoms with Gasteiger partial charge in [-0.05, 0) is 61.4 Å². The van der Waals surface area contributed by atoms with Crippen LogP contribution in [0.5, 0.6) is 0 Å². The third kappa shape index (κ3) is 3.74. The Morgan fingerprint density at radius 1 is 1.15 bits per heavy atom. The highest BCUT2D eigenvalue weighted by Gasteiger charge is 2.33. The van der Waals surface area contributed by atoms with E-state index in [1.807, 2.05) is 25.1 Å². The largest absolute Gasteiger partial charge is 0.308 e. The minimum absolute atomic E-state index is 0.00409. The molecule has 8 heteroatoms. The van der Waals surface area contributed by atoms with Crippen LogP contribution in [0, 0.1) is 0 Å². The minimum atomic E-state index is -3.72. The van der Waals surface area contributed by atoms with Crippen molar-refractivity contribution in [3.8, 4) is 0 Å². The lowest BCUT2D eigenvalue weighted by molar-refractivity contribution is -0.118. The van der Waals surface area contributed by atoms with Crippen LogP contribution in [0.1, 0.15) is 12.5 Å². The zero-order valence-corrected chi connectivity index (χ0v) is 18.3. The molecule has 0 radical (unpaired) electrons. The number of carbonyl (C=O) groups is 1. The first-order valence-corrected chi connectivity index (χ1v) is 11.0. The number of hydrogen-bond donors (Lipinski definition) is 0. The third-order valence-corrected chi connectivity index (χ3v) is 7.25. The van der Waals surface area contributed by atoms with E-state index < -0.39 is 10.0 Å². The molecule has 1 amide bonds. The Morgan fingerprint density at radius 3 is 2.42 bits per heavy atom. The van der Waals surface area contributed by atoms with Gasteiger partial charge in [-0.3, -0.25) is 4.79 Å². The molecular formula is C18H18Br2N2O3S. The quantitative estimate of drug-likeness (QED) is 0.640. The number of anilines is 1. The van der Waals surface area contributed by atoms with E-state index in [1.165, 1.54) is 19.2 Å². The van der Waals surface area contributed by atoms with Crippen molar-refractivity contribution in [2.24, 2.45) is 0 Å². The Hall–Kier alpha value is -1.22. The number of halogens is 2. The molecule has 0 unspecified atom stereocenters. The van der Waals surface area contributed by atoms with E-state index in [2.05, 4.69) is 31.9 Å². The summed E-state index contributed by atoms with van der Waals surface area (Å²) in [7, 11) is -2.30. The van der Waals surface area contributed by atoms with Gasteiger partial charge < -0.3 is 4.90 Å². The van der Waals surface area contributed by atoms with E-state index in [4.69, 9.17) is 0 Å². The molecule has 0 fully saturated rings. The van der Waals surface area contributed by atoms with Gasteiger partial charge in [0.05, 0.1) is 11.4 Å². The van der Waals surface area contributed by atoms with Gasteiger partial charge in [0.15, 0.2) is 0 Å². The zero-order valence-electron chi connectivity index (χ0n) is 14.3. The van der Waals surface area contributed by atoms with Gasteiger partial charge in [-0.15, -0.1) is 0 Å². The Bertz CT molecular complexity index is 945. The molecule has 138 valence electrons. The second kappa shape index (κ2) is 7.42. The van der Waals surface area contributed by atoms with E-state index in [9.17, 15) is 13.2 Å². The number of nitrogens with zero attached hydrogens (tertiary/aromatic N) is 2. The molecule has 1 heterocycles. The first-order valence-electron chi connectivity index (χ1n) is 8.02. The fourth-order valence-corrected chi connectivity index (χ4v) is 4.91. The van der Waals surface area contributed by atoms with Gasteiger partial charge >= 0.3 is 0 Å². The molecule has 0 aromatic heterocycles. The predicted molar refractivity (Wildman–Crippen MR) is 109 cm³/mol. The maximum absolute atomic E-state index is 12.8. The molecule has 0 aliphatic carbocycles. The number of fused-ring (bicyclic) bond motifs is 1. The average Bonchev–Trinajstić information content (AvgIpc) is 2.89. The number of rotatable bonds is 4. The van der Waals surface area contributed by atoms with E-state index in [0.717, 1.165) is 30.9 Å². The molecule has 1 aliphatic rings. The van der Waals surface area contributed by atoms with E-state index >= 15 is 0 Å². The smallest absolute Gasteiger partial charge is 0.243 e. The molecular weight excluding hydrogens is 484 g/mol. The first-order chi connectivity index (χ1) is 12.2. The summed E-state index contributed by atoms with van der Waals surface area (Å²) in [6, 6.07) is 12.1. The number of benzene rings is 2. The van der Waals surface area contributed by atoms with Crippen molar-refractivity contribution < 1.29 is 13.2 Å². The molecule has 3 rings (SSSR count). The van der Waals surface area contributed by atoms with Crippen LogP contribution in [-0.2, 0) is 21.2 Å². The molecule has 2 aromatic rings. The highest BCUT2D eigenvalue weighted by atomic mass is 79.9. The van der Waals surface area contributed by atoms with Gasteiger partial charge in [0, 0.05) is 27.7 Å². The standard InChI is InChI=1S/C18H18Br2N2O3S/c1-12-9-13-10-15(20)5-8-17(13)22(12)18(23)11-21(2)26(24,25)16-6-3-14(19)4-7-16/h3-8,10,12H,9,11H2,1-2H3/t12-/m1/s1. The lowest BCUT2D eigenvalue weighted by Crippen LogP contribution is -2.43. The molecule has 0 spiro atoms. The number of amides is 1.